The first-order valence-electron chi connectivity index (χ1n) is 7.64. The lowest BCUT2D eigenvalue weighted by molar-refractivity contribution is 0.608. The van der Waals surface area contributed by atoms with Crippen molar-refractivity contribution in [2.24, 2.45) is 5.92 Å². The Morgan fingerprint density at radius 2 is 1.89 bits per heavy atom. The highest BCUT2D eigenvalue weighted by molar-refractivity contribution is 5.14. The van der Waals surface area contributed by atoms with Crippen molar-refractivity contribution in [3.05, 3.63) is 36.5 Å². The first-order valence-corrected chi connectivity index (χ1v) is 7.64. The summed E-state index contributed by atoms with van der Waals surface area (Å²) in [6.45, 7) is 14.9. The van der Waals surface area contributed by atoms with Crippen LogP contribution in [0, 0.1) is 5.92 Å². The lowest BCUT2D eigenvalue weighted by Crippen LogP contribution is -1.98. The molecule has 0 aliphatic rings. The van der Waals surface area contributed by atoms with E-state index in [1.54, 1.807) is 5.57 Å². The predicted octanol–water partition coefficient (Wildman–Crippen LogP) is 6.45. The first kappa shape index (κ1) is 17.2. The third kappa shape index (κ3) is 8.33. The zero-order valence-electron chi connectivity index (χ0n) is 12.8. The van der Waals surface area contributed by atoms with Crippen LogP contribution in [0.1, 0.15) is 72.1 Å². The molecule has 0 aromatic carbocycles. The van der Waals surface area contributed by atoms with Gasteiger partial charge in [-0.3, -0.25) is 0 Å². The van der Waals surface area contributed by atoms with Crippen LogP contribution in [0.2, 0.25) is 0 Å². The molecule has 0 fully saturated rings. The zero-order valence-corrected chi connectivity index (χ0v) is 12.8. The Hall–Kier alpha value is -0.780. The molecule has 0 saturated heterocycles. The van der Waals surface area contributed by atoms with Crippen LogP contribution in [0.15, 0.2) is 36.5 Å². The number of rotatable bonds is 11. The lowest BCUT2D eigenvalue weighted by atomic mass is 9.91. The summed E-state index contributed by atoms with van der Waals surface area (Å²) in [5.41, 5.74) is 2.97. The van der Waals surface area contributed by atoms with Crippen LogP contribution in [-0.4, -0.2) is 0 Å². The van der Waals surface area contributed by atoms with Crippen molar-refractivity contribution in [1.82, 2.24) is 0 Å². The van der Waals surface area contributed by atoms with E-state index in [1.165, 1.54) is 50.5 Å². The largest absolute Gasteiger partial charge is 0.103 e. The predicted molar refractivity (Wildman–Crippen MR) is 84.9 cm³/mol. The molecule has 0 aliphatic carbocycles. The van der Waals surface area contributed by atoms with Gasteiger partial charge in [-0.2, -0.15) is 0 Å². The average molecular weight is 248 g/mol. The van der Waals surface area contributed by atoms with Gasteiger partial charge in [-0.15, -0.1) is 6.58 Å². The van der Waals surface area contributed by atoms with Crippen molar-refractivity contribution < 1.29 is 0 Å². The molecule has 0 bridgehead atoms. The fourth-order valence-corrected chi connectivity index (χ4v) is 2.14. The van der Waals surface area contributed by atoms with E-state index >= 15 is 0 Å². The Morgan fingerprint density at radius 1 is 1.17 bits per heavy atom. The monoisotopic (exact) mass is 248 g/mol. The van der Waals surface area contributed by atoms with E-state index in [1.807, 2.05) is 0 Å². The van der Waals surface area contributed by atoms with Gasteiger partial charge in [-0.1, -0.05) is 63.5 Å². The Morgan fingerprint density at radius 3 is 2.39 bits per heavy atom. The molecule has 0 radical (unpaired) electrons. The fraction of sp³-hybridized carbons (Fsp3) is 0.667. The van der Waals surface area contributed by atoms with Crippen LogP contribution < -0.4 is 0 Å². The third-order valence-electron chi connectivity index (χ3n) is 3.46. The molecule has 1 atom stereocenters. The summed E-state index contributed by atoms with van der Waals surface area (Å²) in [6, 6.07) is 0. The summed E-state index contributed by atoms with van der Waals surface area (Å²) < 4.78 is 0. The van der Waals surface area contributed by atoms with Gasteiger partial charge in [-0.25, -0.2) is 0 Å². The van der Waals surface area contributed by atoms with Gasteiger partial charge in [0.15, 0.2) is 0 Å². The van der Waals surface area contributed by atoms with Crippen LogP contribution >= 0.6 is 0 Å². The minimum absolute atomic E-state index is 0.632. The number of allylic oxidation sites excluding steroid dienone is 4. The summed E-state index contributed by atoms with van der Waals surface area (Å²) in [5, 5.41) is 0. The van der Waals surface area contributed by atoms with Gasteiger partial charge in [0.05, 0.1) is 0 Å². The molecule has 0 aromatic heterocycles. The Labute approximate surface area is 115 Å². The molecule has 0 N–H and O–H groups in total. The third-order valence-corrected chi connectivity index (χ3v) is 3.46. The fourth-order valence-electron chi connectivity index (χ4n) is 2.14. The summed E-state index contributed by atoms with van der Waals surface area (Å²) in [6.07, 6.45) is 14.2. The summed E-state index contributed by atoms with van der Waals surface area (Å²) in [7, 11) is 0. The average Bonchev–Trinajstić information content (AvgIpc) is 2.39. The van der Waals surface area contributed by atoms with Gasteiger partial charge >= 0.3 is 0 Å². The highest BCUT2D eigenvalue weighted by Crippen LogP contribution is 2.24. The van der Waals surface area contributed by atoms with E-state index in [2.05, 4.69) is 46.1 Å². The minimum atomic E-state index is 0.632. The highest BCUT2D eigenvalue weighted by Gasteiger charge is 2.07. The number of hydrogen-bond acceptors (Lipinski definition) is 0. The normalized spacial score (nSPS) is 13.4. The van der Waals surface area contributed by atoms with E-state index in [9.17, 15) is 0 Å². The second kappa shape index (κ2) is 11.3. The van der Waals surface area contributed by atoms with Crippen molar-refractivity contribution >= 4 is 0 Å². The molecule has 0 rings (SSSR count). The molecule has 0 heterocycles. The minimum Gasteiger partial charge on any atom is -0.103 e. The van der Waals surface area contributed by atoms with Crippen molar-refractivity contribution in [1.29, 1.82) is 0 Å². The molecule has 104 valence electrons. The Bertz CT molecular complexity index is 257. The van der Waals surface area contributed by atoms with Gasteiger partial charge in [-0.05, 0) is 44.4 Å². The molecule has 1 unspecified atom stereocenters. The van der Waals surface area contributed by atoms with Gasteiger partial charge in [0, 0.05) is 0 Å². The van der Waals surface area contributed by atoms with E-state index in [0.717, 1.165) is 6.42 Å². The molecule has 0 spiro atoms. The van der Waals surface area contributed by atoms with Gasteiger partial charge in [0.2, 0.25) is 0 Å². The van der Waals surface area contributed by atoms with E-state index in [-0.39, 0.29) is 0 Å². The van der Waals surface area contributed by atoms with Gasteiger partial charge < -0.3 is 0 Å². The van der Waals surface area contributed by atoms with E-state index in [4.69, 9.17) is 0 Å². The molecule has 18 heavy (non-hydrogen) atoms. The number of hydrogen-bond donors (Lipinski definition) is 0. The Kier molecular flexibility index (Phi) is 10.8. The molecular formula is C18H32. The molecule has 0 saturated carbocycles. The molecule has 0 aliphatic heterocycles. The smallest absolute Gasteiger partial charge is 0.0111 e. The number of unbranched alkanes of at least 4 members (excludes halogenated alkanes) is 2. The van der Waals surface area contributed by atoms with Crippen molar-refractivity contribution in [3.63, 3.8) is 0 Å². The standard InChI is InChI=1S/C18H32/c1-6-10-12-16(5)14-18(13-11-7-2)15-17(8-3)9-4/h8,13,17H,3,5-7,9-12,14-15H2,1-2,4H3. The van der Waals surface area contributed by atoms with E-state index < -0.39 is 0 Å². The van der Waals surface area contributed by atoms with Crippen LogP contribution in [0.5, 0.6) is 0 Å². The quantitative estimate of drug-likeness (QED) is 0.368. The maximum atomic E-state index is 4.23. The van der Waals surface area contributed by atoms with Crippen molar-refractivity contribution in [3.8, 4) is 0 Å². The topological polar surface area (TPSA) is 0 Å². The molecule has 0 heteroatoms. The highest BCUT2D eigenvalue weighted by atomic mass is 14.1. The van der Waals surface area contributed by atoms with Crippen LogP contribution in [-0.2, 0) is 0 Å². The molecule has 0 aromatic rings. The SMILES string of the molecule is C=CC(CC)CC(=CCCC)CC(=C)CCCC. The lowest BCUT2D eigenvalue weighted by Gasteiger charge is -2.15. The van der Waals surface area contributed by atoms with Crippen LogP contribution in [0.3, 0.4) is 0 Å². The second-order valence-electron chi connectivity index (χ2n) is 5.29. The molecule has 0 nitrogen and oxygen atoms in total. The summed E-state index contributed by atoms with van der Waals surface area (Å²) in [4.78, 5) is 0. The summed E-state index contributed by atoms with van der Waals surface area (Å²) >= 11 is 0. The van der Waals surface area contributed by atoms with Crippen molar-refractivity contribution in [2.75, 3.05) is 0 Å². The maximum Gasteiger partial charge on any atom is -0.0111 e. The van der Waals surface area contributed by atoms with Crippen molar-refractivity contribution in [2.45, 2.75) is 72.1 Å². The zero-order chi connectivity index (χ0) is 13.8. The molecular weight excluding hydrogens is 216 g/mol. The second-order valence-corrected chi connectivity index (χ2v) is 5.29. The van der Waals surface area contributed by atoms with Crippen LogP contribution in [0.4, 0.5) is 0 Å². The Balaban J connectivity index is 4.39. The van der Waals surface area contributed by atoms with Gasteiger partial charge in [0.1, 0.15) is 0 Å². The van der Waals surface area contributed by atoms with E-state index in [0.29, 0.717) is 5.92 Å². The van der Waals surface area contributed by atoms with Gasteiger partial charge in [0.25, 0.3) is 0 Å². The molecule has 0 amide bonds. The first-order chi connectivity index (χ1) is 8.67. The van der Waals surface area contributed by atoms with Crippen LogP contribution in [0.25, 0.3) is 0 Å². The summed E-state index contributed by atoms with van der Waals surface area (Å²) in [5.74, 6) is 0.632. The maximum absolute atomic E-state index is 4.23.